The molecule has 0 aromatic carbocycles. The van der Waals surface area contributed by atoms with Crippen LogP contribution in [0.25, 0.3) is 11.2 Å². The summed E-state index contributed by atoms with van der Waals surface area (Å²) in [5, 5.41) is 2.94. The molecular weight excluding hydrogens is 292 g/mol. The first-order chi connectivity index (χ1) is 11.2. The van der Waals surface area contributed by atoms with Gasteiger partial charge >= 0.3 is 0 Å². The van der Waals surface area contributed by atoms with Crippen LogP contribution in [0.15, 0.2) is 4.79 Å². The van der Waals surface area contributed by atoms with Gasteiger partial charge in [-0.05, 0) is 26.2 Å². The average Bonchev–Trinajstić information content (AvgIpc) is 2.95. The highest BCUT2D eigenvalue weighted by Gasteiger charge is 2.22. The van der Waals surface area contributed by atoms with E-state index in [1.54, 1.807) is 21.0 Å². The molecule has 1 saturated heterocycles. The van der Waals surface area contributed by atoms with E-state index in [1.807, 2.05) is 4.57 Å². The Morgan fingerprint density at radius 3 is 2.61 bits per heavy atom. The molecule has 3 rings (SSSR count). The first-order valence-electron chi connectivity index (χ1n) is 7.97. The third-order valence-corrected chi connectivity index (χ3v) is 4.24. The quantitative estimate of drug-likeness (QED) is 0.862. The second-order valence-electron chi connectivity index (χ2n) is 5.69. The predicted octanol–water partition coefficient (Wildman–Crippen LogP) is 1.19. The fourth-order valence-corrected chi connectivity index (χ4v) is 3.01. The smallest absolute Gasteiger partial charge is 0.281 e. The normalized spacial score (nSPS) is 14.7. The summed E-state index contributed by atoms with van der Waals surface area (Å²) in [7, 11) is 3.46. The number of imidazole rings is 1. The van der Waals surface area contributed by atoms with Gasteiger partial charge in [-0.3, -0.25) is 13.9 Å². The molecule has 7 heteroatoms. The lowest BCUT2D eigenvalue weighted by Crippen LogP contribution is -2.32. The maximum absolute atomic E-state index is 12.7. The molecule has 0 aliphatic carbocycles. The van der Waals surface area contributed by atoms with Crippen LogP contribution < -0.4 is 15.8 Å². The van der Waals surface area contributed by atoms with E-state index in [0.29, 0.717) is 23.7 Å². The Kier molecular flexibility index (Phi) is 4.24. The first-order valence-corrected chi connectivity index (χ1v) is 7.97. The molecule has 0 bridgehead atoms. The van der Waals surface area contributed by atoms with Gasteiger partial charge in [0.25, 0.3) is 5.56 Å². The van der Waals surface area contributed by atoms with E-state index in [9.17, 15) is 4.79 Å². The number of hydrogen-bond acceptors (Lipinski definition) is 5. The summed E-state index contributed by atoms with van der Waals surface area (Å²) >= 11 is 0. The zero-order valence-corrected chi connectivity index (χ0v) is 13.9. The van der Waals surface area contributed by atoms with Crippen LogP contribution in [0.2, 0.25) is 0 Å². The highest BCUT2D eigenvalue weighted by Crippen LogP contribution is 2.23. The van der Waals surface area contributed by atoms with Gasteiger partial charge in [0.05, 0.1) is 6.54 Å². The van der Waals surface area contributed by atoms with E-state index in [2.05, 4.69) is 32.0 Å². The minimum absolute atomic E-state index is 0.104. The van der Waals surface area contributed by atoms with Gasteiger partial charge in [0, 0.05) is 27.2 Å². The maximum Gasteiger partial charge on any atom is 0.281 e. The van der Waals surface area contributed by atoms with Crippen molar-refractivity contribution in [3.05, 3.63) is 10.4 Å². The fourth-order valence-electron chi connectivity index (χ4n) is 3.01. The molecule has 2 aromatic rings. The summed E-state index contributed by atoms with van der Waals surface area (Å²) in [5.41, 5.74) is 0.902. The summed E-state index contributed by atoms with van der Waals surface area (Å²) in [6, 6.07) is 0. The molecule has 0 atom stereocenters. The van der Waals surface area contributed by atoms with Crippen LogP contribution in [-0.4, -0.2) is 39.2 Å². The number of fused-ring (bicyclic) bond motifs is 1. The van der Waals surface area contributed by atoms with Crippen LogP contribution >= 0.6 is 0 Å². The second-order valence-corrected chi connectivity index (χ2v) is 5.69. The summed E-state index contributed by atoms with van der Waals surface area (Å²) in [6.07, 6.45) is 3.54. The molecule has 1 N–H and O–H groups in total. The monoisotopic (exact) mass is 314 g/mol. The van der Waals surface area contributed by atoms with Gasteiger partial charge in [0.2, 0.25) is 11.9 Å². The Balaban J connectivity index is 2.23. The number of hydrogen-bond donors (Lipinski definition) is 1. The van der Waals surface area contributed by atoms with Crippen molar-refractivity contribution >= 4 is 23.1 Å². The number of anilines is 2. The minimum Gasteiger partial charge on any atom is -0.359 e. The second kappa shape index (κ2) is 6.32. The van der Waals surface area contributed by atoms with E-state index < -0.39 is 0 Å². The van der Waals surface area contributed by atoms with Crippen LogP contribution in [-0.2, 0) is 13.6 Å². The minimum atomic E-state index is -0.104. The lowest BCUT2D eigenvalue weighted by Gasteiger charge is -2.27. The largest absolute Gasteiger partial charge is 0.359 e. The van der Waals surface area contributed by atoms with E-state index in [4.69, 9.17) is 0 Å². The Hall–Kier alpha value is -2.49. The zero-order valence-electron chi connectivity index (χ0n) is 13.9. The molecule has 23 heavy (non-hydrogen) atoms. The van der Waals surface area contributed by atoms with Crippen molar-refractivity contribution in [2.24, 2.45) is 7.05 Å². The highest BCUT2D eigenvalue weighted by atomic mass is 16.1. The highest BCUT2D eigenvalue weighted by molar-refractivity contribution is 5.75. The van der Waals surface area contributed by atoms with Gasteiger partial charge in [0.15, 0.2) is 11.2 Å². The Bertz CT molecular complexity index is 832. The van der Waals surface area contributed by atoms with Crippen molar-refractivity contribution in [1.82, 2.24) is 19.1 Å². The van der Waals surface area contributed by atoms with Crippen molar-refractivity contribution in [2.75, 3.05) is 30.4 Å². The standard InChI is InChI=1S/C16H22N6O/c1-4-5-11-22-12-13(18-15(17-2)20(3)14(12)23)19-16(22)21-9-7-6-8-10-21/h6-11H2,1-3H3,(H,17,18). The maximum atomic E-state index is 12.7. The van der Waals surface area contributed by atoms with Gasteiger partial charge in [-0.2, -0.15) is 9.97 Å². The van der Waals surface area contributed by atoms with Crippen molar-refractivity contribution < 1.29 is 0 Å². The number of nitrogens with zero attached hydrogens (tertiary/aromatic N) is 5. The van der Waals surface area contributed by atoms with Crippen molar-refractivity contribution in [3.63, 3.8) is 0 Å². The van der Waals surface area contributed by atoms with Gasteiger partial charge in [-0.1, -0.05) is 5.92 Å². The van der Waals surface area contributed by atoms with Crippen molar-refractivity contribution in [2.45, 2.75) is 32.7 Å². The van der Waals surface area contributed by atoms with Gasteiger partial charge < -0.3 is 10.2 Å². The average molecular weight is 314 g/mol. The van der Waals surface area contributed by atoms with E-state index in [0.717, 1.165) is 31.9 Å². The van der Waals surface area contributed by atoms with Crippen molar-refractivity contribution in [1.29, 1.82) is 0 Å². The first kappa shape index (κ1) is 15.4. The molecule has 0 radical (unpaired) electrons. The van der Waals surface area contributed by atoms with E-state index >= 15 is 0 Å². The molecule has 3 heterocycles. The lowest BCUT2D eigenvalue weighted by molar-refractivity contribution is 0.561. The summed E-state index contributed by atoms with van der Waals surface area (Å²) in [4.78, 5) is 24.1. The lowest BCUT2D eigenvalue weighted by atomic mass is 10.1. The van der Waals surface area contributed by atoms with E-state index in [1.165, 1.54) is 11.0 Å². The summed E-state index contributed by atoms with van der Waals surface area (Å²) < 4.78 is 3.42. The predicted molar refractivity (Wildman–Crippen MR) is 91.8 cm³/mol. The zero-order chi connectivity index (χ0) is 16.4. The molecule has 0 unspecified atom stereocenters. The van der Waals surface area contributed by atoms with Crippen LogP contribution in [0.1, 0.15) is 26.2 Å². The number of aromatic nitrogens is 4. The third kappa shape index (κ3) is 2.65. The third-order valence-electron chi connectivity index (χ3n) is 4.24. The summed E-state index contributed by atoms with van der Waals surface area (Å²) in [5.74, 6) is 7.27. The molecule has 2 aromatic heterocycles. The van der Waals surface area contributed by atoms with Crippen LogP contribution in [0, 0.1) is 11.8 Å². The van der Waals surface area contributed by atoms with Crippen LogP contribution in [0.5, 0.6) is 0 Å². The SMILES string of the molecule is CC#CCn1c(N2CCCCC2)nc2nc(NC)n(C)c(=O)c21. The molecule has 1 fully saturated rings. The Labute approximate surface area is 135 Å². The van der Waals surface area contributed by atoms with Gasteiger partial charge in [-0.15, -0.1) is 5.92 Å². The fraction of sp³-hybridized carbons (Fsp3) is 0.562. The van der Waals surface area contributed by atoms with Crippen molar-refractivity contribution in [3.8, 4) is 11.8 Å². The van der Waals surface area contributed by atoms with Gasteiger partial charge in [0.1, 0.15) is 0 Å². The molecule has 0 saturated carbocycles. The Morgan fingerprint density at radius 2 is 1.96 bits per heavy atom. The molecule has 0 amide bonds. The molecule has 1 aliphatic heterocycles. The Morgan fingerprint density at radius 1 is 1.22 bits per heavy atom. The van der Waals surface area contributed by atoms with Gasteiger partial charge in [-0.25, -0.2) is 0 Å². The molecule has 7 nitrogen and oxygen atoms in total. The topological polar surface area (TPSA) is 68.0 Å². The number of piperidine rings is 1. The number of rotatable bonds is 3. The number of nitrogens with one attached hydrogen (secondary N) is 1. The molecule has 1 aliphatic rings. The summed E-state index contributed by atoms with van der Waals surface area (Å²) in [6.45, 7) is 4.17. The van der Waals surface area contributed by atoms with E-state index in [-0.39, 0.29) is 5.56 Å². The van der Waals surface area contributed by atoms with Crippen LogP contribution in [0.4, 0.5) is 11.9 Å². The molecular formula is C16H22N6O. The molecule has 0 spiro atoms. The van der Waals surface area contributed by atoms with Crippen LogP contribution in [0.3, 0.4) is 0 Å². The molecule has 122 valence electrons.